The van der Waals surface area contributed by atoms with Gasteiger partial charge in [-0.3, -0.25) is 14.5 Å². The van der Waals surface area contributed by atoms with Crippen molar-refractivity contribution in [3.05, 3.63) is 64.9 Å². The van der Waals surface area contributed by atoms with Crippen LogP contribution in [-0.4, -0.2) is 55.0 Å². The van der Waals surface area contributed by atoms with E-state index in [2.05, 4.69) is 17.9 Å². The van der Waals surface area contributed by atoms with Gasteiger partial charge in [0.2, 0.25) is 0 Å². The van der Waals surface area contributed by atoms with Crippen molar-refractivity contribution < 1.29 is 19.1 Å². The fourth-order valence-corrected chi connectivity index (χ4v) is 4.74. The molecule has 1 saturated heterocycles. The Morgan fingerprint density at radius 3 is 2.30 bits per heavy atom. The number of nitrogens with zero attached hydrogens (tertiary/aromatic N) is 2. The molecule has 174 valence electrons. The first-order chi connectivity index (χ1) is 15.9. The second kappa shape index (κ2) is 9.69. The molecule has 2 heterocycles. The summed E-state index contributed by atoms with van der Waals surface area (Å²) in [7, 11) is 1.61. The first kappa shape index (κ1) is 22.9. The number of piperidine rings is 1. The van der Waals surface area contributed by atoms with Crippen molar-refractivity contribution in [2.45, 2.75) is 33.6 Å². The zero-order valence-electron chi connectivity index (χ0n) is 19.9. The molecule has 6 heteroatoms. The highest BCUT2D eigenvalue weighted by atomic mass is 16.5. The number of benzene rings is 2. The molecule has 2 aliphatic heterocycles. The summed E-state index contributed by atoms with van der Waals surface area (Å²) in [6, 6.07) is 13.3. The van der Waals surface area contributed by atoms with Gasteiger partial charge in [0.25, 0.3) is 11.8 Å². The van der Waals surface area contributed by atoms with Crippen molar-refractivity contribution in [1.29, 1.82) is 0 Å². The van der Waals surface area contributed by atoms with Gasteiger partial charge in [-0.15, -0.1) is 0 Å². The predicted octanol–water partition coefficient (Wildman–Crippen LogP) is 4.20. The third-order valence-corrected chi connectivity index (χ3v) is 6.27. The first-order valence-corrected chi connectivity index (χ1v) is 11.6. The van der Waals surface area contributed by atoms with Crippen LogP contribution in [0.25, 0.3) is 5.57 Å². The van der Waals surface area contributed by atoms with Crippen LogP contribution < -0.4 is 9.47 Å². The number of hydrogen-bond acceptors (Lipinski definition) is 5. The Kier molecular flexibility index (Phi) is 6.72. The van der Waals surface area contributed by atoms with E-state index < -0.39 is 0 Å². The minimum atomic E-state index is -0.262. The quantitative estimate of drug-likeness (QED) is 0.594. The lowest BCUT2D eigenvalue weighted by Crippen LogP contribution is -2.40. The van der Waals surface area contributed by atoms with E-state index in [1.165, 1.54) is 4.90 Å². The summed E-state index contributed by atoms with van der Waals surface area (Å²) >= 11 is 0. The van der Waals surface area contributed by atoms with Crippen molar-refractivity contribution in [2.24, 2.45) is 5.92 Å². The summed E-state index contributed by atoms with van der Waals surface area (Å²) in [4.78, 5) is 30.4. The molecule has 4 rings (SSSR count). The maximum atomic E-state index is 13.5. The van der Waals surface area contributed by atoms with Crippen LogP contribution in [0.3, 0.4) is 0 Å². The minimum absolute atomic E-state index is 0.206. The van der Waals surface area contributed by atoms with Crippen LogP contribution >= 0.6 is 0 Å². The molecule has 0 bridgehead atoms. The number of carbonyl (C=O) groups excluding carboxylic acids is 2. The Hall–Kier alpha value is -3.28. The van der Waals surface area contributed by atoms with E-state index in [4.69, 9.17) is 9.47 Å². The van der Waals surface area contributed by atoms with Gasteiger partial charge < -0.3 is 14.4 Å². The lowest BCUT2D eigenvalue weighted by atomic mass is 9.98. The number of likely N-dealkylation sites (tertiary alicyclic amines) is 1. The van der Waals surface area contributed by atoms with Gasteiger partial charge in [-0.2, -0.15) is 0 Å². The third kappa shape index (κ3) is 4.90. The second-order valence-electron chi connectivity index (χ2n) is 9.08. The average molecular weight is 449 g/mol. The number of ether oxygens (including phenoxy) is 2. The van der Waals surface area contributed by atoms with Crippen LogP contribution in [0.1, 0.15) is 36.5 Å². The van der Waals surface area contributed by atoms with E-state index in [1.54, 1.807) is 7.11 Å². The zero-order valence-corrected chi connectivity index (χ0v) is 19.9. The third-order valence-electron chi connectivity index (χ3n) is 6.27. The lowest BCUT2D eigenvalue weighted by molar-refractivity contribution is -0.138. The van der Waals surface area contributed by atoms with Gasteiger partial charge in [-0.1, -0.05) is 25.1 Å². The molecule has 1 fully saturated rings. The Morgan fingerprint density at radius 1 is 0.970 bits per heavy atom. The summed E-state index contributed by atoms with van der Waals surface area (Å²) < 4.78 is 11.2. The molecule has 0 spiro atoms. The monoisotopic (exact) mass is 448 g/mol. The molecule has 33 heavy (non-hydrogen) atoms. The summed E-state index contributed by atoms with van der Waals surface area (Å²) in [5.74, 6) is 1.45. The van der Waals surface area contributed by atoms with Crippen molar-refractivity contribution in [2.75, 3.05) is 33.4 Å². The predicted molar refractivity (Wildman–Crippen MR) is 128 cm³/mol. The molecule has 2 aromatic carbocycles. The van der Waals surface area contributed by atoms with E-state index in [-0.39, 0.29) is 25.0 Å². The SMILES string of the molecule is COc1ccc(C2=C(N3CCCC(C)C3)C(=O)N(CCOc3cc(C)cc(C)c3)C2=O)cc1. The maximum Gasteiger partial charge on any atom is 0.277 e. The van der Waals surface area contributed by atoms with Crippen molar-refractivity contribution >= 4 is 17.4 Å². The van der Waals surface area contributed by atoms with Crippen LogP contribution in [0.2, 0.25) is 0 Å². The molecule has 2 amide bonds. The summed E-state index contributed by atoms with van der Waals surface area (Å²) in [5, 5.41) is 0. The van der Waals surface area contributed by atoms with Gasteiger partial charge in [-0.25, -0.2) is 0 Å². The first-order valence-electron chi connectivity index (χ1n) is 11.6. The van der Waals surface area contributed by atoms with E-state index in [1.807, 2.05) is 50.2 Å². The molecule has 1 unspecified atom stereocenters. The number of carbonyl (C=O) groups is 2. The van der Waals surface area contributed by atoms with Gasteiger partial charge in [0, 0.05) is 13.1 Å². The molecular weight excluding hydrogens is 416 g/mol. The normalized spacial score (nSPS) is 18.8. The molecule has 1 atom stereocenters. The number of methoxy groups -OCH3 is 1. The number of aryl methyl sites for hydroxylation is 2. The molecule has 0 aromatic heterocycles. The Labute approximate surface area is 195 Å². The minimum Gasteiger partial charge on any atom is -0.497 e. The molecule has 0 aliphatic carbocycles. The standard InChI is InChI=1S/C27H32N2O4/c1-18-6-5-11-28(17-18)25-24(21-7-9-22(32-4)10-8-21)26(30)29(27(25)31)12-13-33-23-15-19(2)14-20(3)16-23/h7-10,14-16,18H,5-6,11-13,17H2,1-4H3. The van der Waals surface area contributed by atoms with Gasteiger partial charge in [0.15, 0.2) is 0 Å². The topological polar surface area (TPSA) is 59.1 Å². The van der Waals surface area contributed by atoms with Crippen LogP contribution in [0.15, 0.2) is 48.2 Å². The van der Waals surface area contributed by atoms with Crippen molar-refractivity contribution in [1.82, 2.24) is 9.80 Å². The van der Waals surface area contributed by atoms with Crippen LogP contribution in [0.4, 0.5) is 0 Å². The summed E-state index contributed by atoms with van der Waals surface area (Å²) in [5.41, 5.74) is 3.96. The molecule has 6 nitrogen and oxygen atoms in total. The zero-order chi connectivity index (χ0) is 23.5. The lowest BCUT2D eigenvalue weighted by Gasteiger charge is -2.33. The van der Waals surface area contributed by atoms with Crippen molar-refractivity contribution in [3.8, 4) is 11.5 Å². The van der Waals surface area contributed by atoms with Gasteiger partial charge >= 0.3 is 0 Å². The van der Waals surface area contributed by atoms with Gasteiger partial charge in [-0.05, 0) is 73.6 Å². The van der Waals surface area contributed by atoms with Crippen molar-refractivity contribution in [3.63, 3.8) is 0 Å². The smallest absolute Gasteiger partial charge is 0.277 e. The van der Waals surface area contributed by atoms with E-state index >= 15 is 0 Å². The largest absolute Gasteiger partial charge is 0.497 e. The number of amides is 2. The summed E-state index contributed by atoms with van der Waals surface area (Å²) in [6.45, 7) is 8.24. The molecule has 0 saturated carbocycles. The fraction of sp³-hybridized carbons (Fsp3) is 0.407. The number of imide groups is 1. The molecule has 2 aliphatic rings. The number of rotatable bonds is 7. The highest BCUT2D eigenvalue weighted by molar-refractivity contribution is 6.35. The molecule has 2 aromatic rings. The Morgan fingerprint density at radius 2 is 1.67 bits per heavy atom. The average Bonchev–Trinajstić information content (AvgIpc) is 3.03. The number of hydrogen-bond donors (Lipinski definition) is 0. The van der Waals surface area contributed by atoms with E-state index in [9.17, 15) is 9.59 Å². The fourth-order valence-electron chi connectivity index (χ4n) is 4.74. The van der Waals surface area contributed by atoms with Crippen LogP contribution in [0.5, 0.6) is 11.5 Å². The highest BCUT2D eigenvalue weighted by Crippen LogP contribution is 2.34. The van der Waals surface area contributed by atoms with Gasteiger partial charge in [0.1, 0.15) is 23.8 Å². The summed E-state index contributed by atoms with van der Waals surface area (Å²) in [6.07, 6.45) is 2.15. The molecule has 0 N–H and O–H groups in total. The van der Waals surface area contributed by atoms with Gasteiger partial charge in [0.05, 0.1) is 19.2 Å². The second-order valence-corrected chi connectivity index (χ2v) is 9.08. The highest BCUT2D eigenvalue weighted by Gasteiger charge is 2.42. The molecular formula is C27H32N2O4. The van der Waals surface area contributed by atoms with E-state index in [0.29, 0.717) is 22.9 Å². The maximum absolute atomic E-state index is 13.5. The van der Waals surface area contributed by atoms with Crippen LogP contribution in [-0.2, 0) is 9.59 Å². The van der Waals surface area contributed by atoms with E-state index in [0.717, 1.165) is 48.4 Å². The molecule has 0 radical (unpaired) electrons. The Balaban J connectivity index is 1.58. The van der Waals surface area contributed by atoms with Crippen LogP contribution in [0, 0.1) is 19.8 Å². The Bertz CT molecular complexity index is 1050.